The molecule has 0 saturated heterocycles. The van der Waals surface area contributed by atoms with Crippen LogP contribution in [0.25, 0.3) is 0 Å². The van der Waals surface area contributed by atoms with Crippen LogP contribution in [0.2, 0.25) is 0 Å². The van der Waals surface area contributed by atoms with Crippen molar-refractivity contribution in [2.24, 2.45) is 0 Å². The molecular formula is C17H15F3O2. The zero-order valence-electron chi connectivity index (χ0n) is 12.0. The minimum absolute atomic E-state index is 0.294. The molecule has 0 amide bonds. The lowest BCUT2D eigenvalue weighted by Gasteiger charge is -2.08. The van der Waals surface area contributed by atoms with E-state index in [1.54, 1.807) is 25.1 Å². The van der Waals surface area contributed by atoms with E-state index in [0.717, 1.165) is 23.3 Å². The third kappa shape index (κ3) is 4.10. The second-order valence-electron chi connectivity index (χ2n) is 4.79. The van der Waals surface area contributed by atoms with Crippen molar-refractivity contribution in [1.82, 2.24) is 0 Å². The normalized spacial score (nSPS) is 11.3. The minimum atomic E-state index is -4.33. The van der Waals surface area contributed by atoms with Crippen LogP contribution in [-0.2, 0) is 17.3 Å². The number of halogens is 3. The fourth-order valence-corrected chi connectivity index (χ4v) is 2.07. The summed E-state index contributed by atoms with van der Waals surface area (Å²) in [4.78, 5) is 11.7. The second-order valence-corrected chi connectivity index (χ2v) is 4.79. The van der Waals surface area contributed by atoms with Crippen molar-refractivity contribution in [3.05, 3.63) is 70.8 Å². The van der Waals surface area contributed by atoms with Gasteiger partial charge in [0.25, 0.3) is 0 Å². The molecule has 0 fully saturated rings. The van der Waals surface area contributed by atoms with Crippen LogP contribution in [0.1, 0.15) is 34.0 Å². The van der Waals surface area contributed by atoms with Gasteiger partial charge >= 0.3 is 12.1 Å². The van der Waals surface area contributed by atoms with E-state index in [4.69, 9.17) is 4.74 Å². The Morgan fingerprint density at radius 2 is 1.73 bits per heavy atom. The van der Waals surface area contributed by atoms with E-state index in [2.05, 4.69) is 0 Å². The summed E-state index contributed by atoms with van der Waals surface area (Å²) in [5.41, 5.74) is 1.35. The Balaban J connectivity index is 2.14. The smallest absolute Gasteiger partial charge is 0.416 e. The third-order valence-corrected chi connectivity index (χ3v) is 3.13. The predicted molar refractivity (Wildman–Crippen MR) is 76.6 cm³/mol. The molecule has 5 heteroatoms. The minimum Gasteiger partial charge on any atom is -0.462 e. The fourth-order valence-electron chi connectivity index (χ4n) is 2.07. The van der Waals surface area contributed by atoms with E-state index in [9.17, 15) is 18.0 Å². The van der Waals surface area contributed by atoms with Crippen molar-refractivity contribution < 1.29 is 22.7 Å². The number of hydrogen-bond acceptors (Lipinski definition) is 2. The zero-order valence-corrected chi connectivity index (χ0v) is 12.0. The summed E-state index contributed by atoms with van der Waals surface area (Å²) in [6.45, 7) is 2.02. The maximum atomic E-state index is 12.5. The van der Waals surface area contributed by atoms with Gasteiger partial charge < -0.3 is 4.74 Å². The number of carbonyl (C=O) groups excluding carboxylic acids is 1. The molecule has 116 valence electrons. The molecule has 0 aliphatic rings. The first-order valence-corrected chi connectivity index (χ1v) is 6.82. The molecule has 0 radical (unpaired) electrons. The summed E-state index contributed by atoms with van der Waals surface area (Å²) in [6.07, 6.45) is -3.88. The maximum absolute atomic E-state index is 12.5. The van der Waals surface area contributed by atoms with Crippen molar-refractivity contribution >= 4 is 5.97 Å². The van der Waals surface area contributed by atoms with Gasteiger partial charge in [-0.05, 0) is 48.7 Å². The Hall–Kier alpha value is -2.30. The maximum Gasteiger partial charge on any atom is 0.416 e. The molecule has 22 heavy (non-hydrogen) atoms. The standard InChI is InChI=1S/C17H15F3O2/c1-2-22-16(21)14-5-3-4-13(11-14)10-12-6-8-15(9-7-12)17(18,19)20/h3-9,11H,2,10H2,1H3. The number of alkyl halides is 3. The molecule has 0 atom stereocenters. The average molecular weight is 308 g/mol. The number of benzene rings is 2. The highest BCUT2D eigenvalue weighted by molar-refractivity contribution is 5.89. The van der Waals surface area contributed by atoms with Gasteiger partial charge in [0.2, 0.25) is 0 Å². The van der Waals surface area contributed by atoms with Crippen LogP contribution in [0.3, 0.4) is 0 Å². The summed E-state index contributed by atoms with van der Waals surface area (Å²) in [6, 6.07) is 11.9. The molecule has 0 unspecified atom stereocenters. The predicted octanol–water partition coefficient (Wildman–Crippen LogP) is 4.47. The van der Waals surface area contributed by atoms with Crippen molar-refractivity contribution in [3.8, 4) is 0 Å². The van der Waals surface area contributed by atoms with E-state index in [1.165, 1.54) is 12.1 Å². The highest BCUT2D eigenvalue weighted by Gasteiger charge is 2.29. The Morgan fingerprint density at radius 1 is 1.05 bits per heavy atom. The van der Waals surface area contributed by atoms with Gasteiger partial charge in [-0.1, -0.05) is 24.3 Å². The summed E-state index contributed by atoms with van der Waals surface area (Å²) in [5, 5.41) is 0. The largest absolute Gasteiger partial charge is 0.462 e. The molecule has 2 aromatic rings. The molecule has 0 bridgehead atoms. The summed E-state index contributed by atoms with van der Waals surface area (Å²) < 4.78 is 42.5. The molecule has 0 aliphatic heterocycles. The van der Waals surface area contributed by atoms with Gasteiger partial charge in [0.15, 0.2) is 0 Å². The van der Waals surface area contributed by atoms with E-state index in [1.807, 2.05) is 6.07 Å². The van der Waals surface area contributed by atoms with Gasteiger partial charge in [-0.25, -0.2) is 4.79 Å². The summed E-state index contributed by atoms with van der Waals surface area (Å²) >= 11 is 0. The van der Waals surface area contributed by atoms with Crippen molar-refractivity contribution in [2.75, 3.05) is 6.61 Å². The lowest BCUT2D eigenvalue weighted by atomic mass is 10.0. The number of carbonyl (C=O) groups is 1. The Kier molecular flexibility index (Phi) is 4.85. The van der Waals surface area contributed by atoms with E-state index < -0.39 is 17.7 Å². The molecule has 0 spiro atoms. The number of ether oxygens (including phenoxy) is 1. The van der Waals surface area contributed by atoms with E-state index in [0.29, 0.717) is 18.6 Å². The molecular weight excluding hydrogens is 293 g/mol. The van der Waals surface area contributed by atoms with Crippen LogP contribution >= 0.6 is 0 Å². The number of hydrogen-bond donors (Lipinski definition) is 0. The molecule has 2 aromatic carbocycles. The van der Waals surface area contributed by atoms with Crippen LogP contribution in [0.15, 0.2) is 48.5 Å². The second kappa shape index (κ2) is 6.64. The fraction of sp³-hybridized carbons (Fsp3) is 0.235. The van der Waals surface area contributed by atoms with Gasteiger partial charge in [0, 0.05) is 0 Å². The SMILES string of the molecule is CCOC(=O)c1cccc(Cc2ccc(C(F)(F)F)cc2)c1. The molecule has 0 aromatic heterocycles. The first-order valence-electron chi connectivity index (χ1n) is 6.82. The third-order valence-electron chi connectivity index (χ3n) is 3.13. The van der Waals surface area contributed by atoms with Crippen LogP contribution < -0.4 is 0 Å². The van der Waals surface area contributed by atoms with Crippen LogP contribution in [-0.4, -0.2) is 12.6 Å². The van der Waals surface area contributed by atoms with Gasteiger partial charge in [0.1, 0.15) is 0 Å². The lowest BCUT2D eigenvalue weighted by Crippen LogP contribution is -2.05. The van der Waals surface area contributed by atoms with Crippen molar-refractivity contribution in [2.45, 2.75) is 19.5 Å². The van der Waals surface area contributed by atoms with Gasteiger partial charge in [-0.15, -0.1) is 0 Å². The first kappa shape index (κ1) is 16.1. The molecule has 0 N–H and O–H groups in total. The summed E-state index contributed by atoms with van der Waals surface area (Å²) in [5.74, 6) is -0.406. The topological polar surface area (TPSA) is 26.3 Å². The highest BCUT2D eigenvalue weighted by atomic mass is 19.4. The van der Waals surface area contributed by atoms with Crippen molar-refractivity contribution in [1.29, 1.82) is 0 Å². The van der Waals surface area contributed by atoms with Gasteiger partial charge in [0.05, 0.1) is 17.7 Å². The summed E-state index contributed by atoms with van der Waals surface area (Å²) in [7, 11) is 0. The molecule has 0 saturated carbocycles. The van der Waals surface area contributed by atoms with Crippen LogP contribution in [0.5, 0.6) is 0 Å². The highest BCUT2D eigenvalue weighted by Crippen LogP contribution is 2.29. The molecule has 0 heterocycles. The van der Waals surface area contributed by atoms with Crippen LogP contribution in [0.4, 0.5) is 13.2 Å². The number of esters is 1. The number of rotatable bonds is 4. The van der Waals surface area contributed by atoms with Crippen molar-refractivity contribution in [3.63, 3.8) is 0 Å². The Labute approximate surface area is 126 Å². The quantitative estimate of drug-likeness (QED) is 0.779. The Bertz CT molecular complexity index is 646. The molecule has 2 rings (SSSR count). The zero-order chi connectivity index (χ0) is 16.2. The Morgan fingerprint density at radius 3 is 2.32 bits per heavy atom. The molecule has 0 aliphatic carbocycles. The lowest BCUT2D eigenvalue weighted by molar-refractivity contribution is -0.137. The average Bonchev–Trinajstić information content (AvgIpc) is 2.47. The first-order chi connectivity index (χ1) is 10.4. The monoisotopic (exact) mass is 308 g/mol. The van der Waals surface area contributed by atoms with Crippen LogP contribution in [0, 0.1) is 0 Å². The van der Waals surface area contributed by atoms with Gasteiger partial charge in [-0.3, -0.25) is 0 Å². The van der Waals surface area contributed by atoms with E-state index >= 15 is 0 Å². The van der Waals surface area contributed by atoms with E-state index in [-0.39, 0.29) is 0 Å². The van der Waals surface area contributed by atoms with Gasteiger partial charge in [-0.2, -0.15) is 13.2 Å². The molecule has 2 nitrogen and oxygen atoms in total.